The Kier molecular flexibility index (Phi) is 6.59. The Morgan fingerprint density at radius 3 is 2.76 bits per heavy atom. The molecule has 2 aliphatic rings. The molecule has 0 aliphatic carbocycles. The normalized spacial score (nSPS) is 18.0. The van der Waals surface area contributed by atoms with Gasteiger partial charge in [0.05, 0.1) is 6.10 Å². The highest BCUT2D eigenvalue weighted by Crippen LogP contribution is 2.25. The molecular formula is C24H32N8O2. The van der Waals surface area contributed by atoms with Crippen LogP contribution in [0, 0.1) is 0 Å². The highest BCUT2D eigenvalue weighted by Gasteiger charge is 2.23. The van der Waals surface area contributed by atoms with Gasteiger partial charge in [0.15, 0.2) is 11.6 Å². The summed E-state index contributed by atoms with van der Waals surface area (Å²) in [5, 5.41) is 24.8. The molecule has 1 atom stereocenters. The van der Waals surface area contributed by atoms with Crippen LogP contribution in [0.2, 0.25) is 0 Å². The molecule has 4 heterocycles. The first-order chi connectivity index (χ1) is 16.6. The van der Waals surface area contributed by atoms with Gasteiger partial charge in [-0.15, -0.1) is 0 Å². The van der Waals surface area contributed by atoms with Crippen LogP contribution in [0.15, 0.2) is 30.6 Å². The SMILES string of the molecule is CC(=O)N1CCC(Nc2ncnc3c(NC[C@@H](O)CN4CCc5ccccc5C4)n[nH]c23)CC1. The summed E-state index contributed by atoms with van der Waals surface area (Å²) >= 11 is 0. The molecule has 2 aliphatic heterocycles. The number of benzene rings is 1. The van der Waals surface area contributed by atoms with E-state index in [9.17, 15) is 9.90 Å². The van der Waals surface area contributed by atoms with Crippen LogP contribution in [0.1, 0.15) is 30.9 Å². The standard InChI is InChI=1S/C24H32N8O2/c1-16(33)32-10-7-19(8-11-32)28-23-22-21(26-15-27-23)24(30-29-22)25-12-20(34)14-31-9-6-17-4-2-3-5-18(17)13-31/h2-5,15,19-20,34H,6-14H2,1H3,(H2,25,29,30)(H,26,27,28)/t20-/m1/s1. The summed E-state index contributed by atoms with van der Waals surface area (Å²) < 4.78 is 0. The third kappa shape index (κ3) is 4.97. The van der Waals surface area contributed by atoms with Crippen molar-refractivity contribution in [1.29, 1.82) is 0 Å². The Hall–Kier alpha value is -3.24. The van der Waals surface area contributed by atoms with Gasteiger partial charge < -0.3 is 20.6 Å². The molecular weight excluding hydrogens is 432 g/mol. The minimum Gasteiger partial charge on any atom is -0.390 e. The van der Waals surface area contributed by atoms with Crippen molar-refractivity contribution in [2.45, 2.75) is 44.9 Å². The number of likely N-dealkylation sites (tertiary alicyclic amines) is 1. The van der Waals surface area contributed by atoms with Crippen molar-refractivity contribution in [2.24, 2.45) is 0 Å². The molecule has 10 heteroatoms. The molecule has 0 unspecified atom stereocenters. The number of anilines is 2. The molecule has 34 heavy (non-hydrogen) atoms. The van der Waals surface area contributed by atoms with Gasteiger partial charge in [0, 0.05) is 52.2 Å². The van der Waals surface area contributed by atoms with Crippen molar-refractivity contribution < 1.29 is 9.90 Å². The monoisotopic (exact) mass is 464 g/mol. The van der Waals surface area contributed by atoms with E-state index in [1.807, 2.05) is 4.90 Å². The summed E-state index contributed by atoms with van der Waals surface area (Å²) in [5.74, 6) is 1.44. The third-order valence-electron chi connectivity index (χ3n) is 6.82. The van der Waals surface area contributed by atoms with Gasteiger partial charge in [0.25, 0.3) is 0 Å². The number of aromatic nitrogens is 4. The quantitative estimate of drug-likeness (QED) is 0.416. The van der Waals surface area contributed by atoms with Crippen LogP contribution in [0.3, 0.4) is 0 Å². The smallest absolute Gasteiger partial charge is 0.219 e. The highest BCUT2D eigenvalue weighted by molar-refractivity contribution is 5.92. The number of fused-ring (bicyclic) bond motifs is 2. The van der Waals surface area contributed by atoms with Crippen LogP contribution in [-0.2, 0) is 17.8 Å². The second-order valence-corrected chi connectivity index (χ2v) is 9.23. The van der Waals surface area contributed by atoms with Crippen LogP contribution in [0.25, 0.3) is 11.0 Å². The number of carbonyl (C=O) groups excluding carboxylic acids is 1. The molecule has 1 aromatic carbocycles. The summed E-state index contributed by atoms with van der Waals surface area (Å²) in [6.07, 6.45) is 3.76. The van der Waals surface area contributed by atoms with E-state index >= 15 is 0 Å². The van der Waals surface area contributed by atoms with Crippen molar-refractivity contribution in [3.05, 3.63) is 41.7 Å². The van der Waals surface area contributed by atoms with Crippen LogP contribution < -0.4 is 10.6 Å². The number of aliphatic hydroxyl groups is 1. The number of rotatable bonds is 7. The second-order valence-electron chi connectivity index (χ2n) is 9.23. The molecule has 5 rings (SSSR count). The molecule has 4 N–H and O–H groups in total. The van der Waals surface area contributed by atoms with E-state index in [1.165, 1.54) is 17.5 Å². The number of hydrogen-bond acceptors (Lipinski definition) is 8. The first kappa shape index (κ1) is 22.5. The van der Waals surface area contributed by atoms with Gasteiger partial charge in [-0.3, -0.25) is 14.8 Å². The fourth-order valence-electron chi connectivity index (χ4n) is 4.89. The summed E-state index contributed by atoms with van der Waals surface area (Å²) in [5.41, 5.74) is 4.18. The van der Waals surface area contributed by atoms with Crippen molar-refractivity contribution in [1.82, 2.24) is 30.0 Å². The Morgan fingerprint density at radius 1 is 1.18 bits per heavy atom. The van der Waals surface area contributed by atoms with Crippen LogP contribution in [0.4, 0.5) is 11.6 Å². The van der Waals surface area contributed by atoms with Gasteiger partial charge >= 0.3 is 0 Å². The number of nitrogens with zero attached hydrogens (tertiary/aromatic N) is 5. The maximum absolute atomic E-state index is 11.6. The van der Waals surface area contributed by atoms with E-state index < -0.39 is 6.10 Å². The number of aromatic amines is 1. The zero-order valence-electron chi connectivity index (χ0n) is 19.5. The van der Waals surface area contributed by atoms with E-state index in [-0.39, 0.29) is 11.9 Å². The van der Waals surface area contributed by atoms with Gasteiger partial charge in [-0.1, -0.05) is 24.3 Å². The predicted molar refractivity (Wildman–Crippen MR) is 131 cm³/mol. The Morgan fingerprint density at radius 2 is 1.97 bits per heavy atom. The van der Waals surface area contributed by atoms with Gasteiger partial charge in [-0.05, 0) is 30.4 Å². The Labute approximate surface area is 198 Å². The fraction of sp³-hybridized carbons (Fsp3) is 0.500. The van der Waals surface area contributed by atoms with Gasteiger partial charge in [0.2, 0.25) is 5.91 Å². The van der Waals surface area contributed by atoms with E-state index in [0.29, 0.717) is 30.2 Å². The number of β-amino-alcohol motifs (C(OH)–C–C–N with tert-alkyl or cyclic N) is 1. The number of nitrogens with one attached hydrogen (secondary N) is 3. The molecule has 1 amide bonds. The van der Waals surface area contributed by atoms with Gasteiger partial charge in [-0.25, -0.2) is 9.97 Å². The van der Waals surface area contributed by atoms with Crippen molar-refractivity contribution >= 4 is 28.6 Å². The zero-order valence-corrected chi connectivity index (χ0v) is 19.5. The number of piperidine rings is 1. The lowest BCUT2D eigenvalue weighted by molar-refractivity contribution is -0.129. The minimum absolute atomic E-state index is 0.124. The minimum atomic E-state index is -0.525. The summed E-state index contributed by atoms with van der Waals surface area (Å²) in [7, 11) is 0. The number of hydrogen-bond donors (Lipinski definition) is 4. The predicted octanol–water partition coefficient (Wildman–Crippen LogP) is 1.61. The highest BCUT2D eigenvalue weighted by atomic mass is 16.3. The zero-order chi connectivity index (χ0) is 23.5. The average molecular weight is 465 g/mol. The van der Waals surface area contributed by atoms with E-state index in [2.05, 4.69) is 60.0 Å². The van der Waals surface area contributed by atoms with Gasteiger partial charge in [0.1, 0.15) is 17.4 Å². The van der Waals surface area contributed by atoms with Crippen LogP contribution in [-0.4, -0.2) is 85.8 Å². The number of H-pyrrole nitrogens is 1. The summed E-state index contributed by atoms with van der Waals surface area (Å²) in [4.78, 5) is 24.5. The van der Waals surface area contributed by atoms with Crippen molar-refractivity contribution in [2.75, 3.05) is 43.4 Å². The molecule has 0 radical (unpaired) electrons. The first-order valence-corrected chi connectivity index (χ1v) is 12.0. The average Bonchev–Trinajstić information content (AvgIpc) is 3.27. The molecule has 0 bridgehead atoms. The number of aliphatic hydroxyl groups excluding tert-OH is 1. The lowest BCUT2D eigenvalue weighted by atomic mass is 10.00. The maximum atomic E-state index is 11.6. The van der Waals surface area contributed by atoms with Gasteiger partial charge in [-0.2, -0.15) is 5.10 Å². The van der Waals surface area contributed by atoms with E-state index in [0.717, 1.165) is 51.0 Å². The second kappa shape index (κ2) is 9.94. The van der Waals surface area contributed by atoms with Crippen molar-refractivity contribution in [3.8, 4) is 0 Å². The fourth-order valence-corrected chi connectivity index (χ4v) is 4.89. The Bertz CT molecular complexity index is 1140. The molecule has 10 nitrogen and oxygen atoms in total. The topological polar surface area (TPSA) is 122 Å². The molecule has 3 aromatic rings. The van der Waals surface area contributed by atoms with E-state index in [1.54, 1.807) is 6.92 Å². The van der Waals surface area contributed by atoms with Crippen LogP contribution >= 0.6 is 0 Å². The summed E-state index contributed by atoms with van der Waals surface area (Å²) in [6.45, 7) is 5.91. The third-order valence-corrected chi connectivity index (χ3v) is 6.82. The summed E-state index contributed by atoms with van der Waals surface area (Å²) in [6, 6.07) is 8.75. The van der Waals surface area contributed by atoms with Crippen molar-refractivity contribution in [3.63, 3.8) is 0 Å². The lowest BCUT2D eigenvalue weighted by Gasteiger charge is -2.31. The number of amides is 1. The molecule has 1 saturated heterocycles. The molecule has 2 aromatic heterocycles. The largest absolute Gasteiger partial charge is 0.390 e. The molecule has 0 spiro atoms. The van der Waals surface area contributed by atoms with E-state index in [4.69, 9.17) is 0 Å². The molecule has 1 fully saturated rings. The first-order valence-electron chi connectivity index (χ1n) is 12.0. The molecule has 0 saturated carbocycles. The van der Waals surface area contributed by atoms with Crippen LogP contribution in [0.5, 0.6) is 0 Å². The Balaban J connectivity index is 1.16. The lowest BCUT2D eigenvalue weighted by Crippen LogP contribution is -2.41. The maximum Gasteiger partial charge on any atom is 0.219 e. The number of carbonyl (C=O) groups is 1. The molecule has 180 valence electrons.